The first-order valence-corrected chi connectivity index (χ1v) is 9.60. The molecule has 0 aliphatic carbocycles. The fourth-order valence-electron chi connectivity index (χ4n) is 2.55. The molecule has 1 aliphatic heterocycles. The van der Waals surface area contributed by atoms with Gasteiger partial charge in [-0.2, -0.15) is 4.31 Å². The van der Waals surface area contributed by atoms with E-state index in [1.165, 1.54) is 15.6 Å². The van der Waals surface area contributed by atoms with Gasteiger partial charge in [-0.25, -0.2) is 8.42 Å². The SMILES string of the molecule is COC[C@H](C)NC(=O)C1CCN(S(=O)(=O)c2cccs2)CC1. The van der Waals surface area contributed by atoms with Gasteiger partial charge in [0.25, 0.3) is 10.0 Å². The molecule has 1 N–H and O–H groups in total. The summed E-state index contributed by atoms with van der Waals surface area (Å²) in [5.74, 6) is -0.146. The van der Waals surface area contributed by atoms with E-state index >= 15 is 0 Å². The van der Waals surface area contributed by atoms with Crippen molar-refractivity contribution in [2.75, 3.05) is 26.8 Å². The second-order valence-corrected chi connectivity index (χ2v) is 8.59. The van der Waals surface area contributed by atoms with Gasteiger partial charge in [-0.05, 0) is 31.2 Å². The topological polar surface area (TPSA) is 75.7 Å². The van der Waals surface area contributed by atoms with Crippen molar-refractivity contribution in [2.45, 2.75) is 30.0 Å². The third-order valence-electron chi connectivity index (χ3n) is 3.72. The van der Waals surface area contributed by atoms with Crippen LogP contribution in [-0.4, -0.2) is 51.5 Å². The average molecular weight is 346 g/mol. The Morgan fingerprint density at radius 1 is 1.50 bits per heavy atom. The van der Waals surface area contributed by atoms with E-state index in [9.17, 15) is 13.2 Å². The van der Waals surface area contributed by atoms with Crippen molar-refractivity contribution in [3.63, 3.8) is 0 Å². The lowest BCUT2D eigenvalue weighted by Crippen LogP contribution is -2.45. The van der Waals surface area contributed by atoms with Crippen LogP contribution < -0.4 is 5.32 Å². The summed E-state index contributed by atoms with van der Waals surface area (Å²) in [4.78, 5) is 12.1. The molecular formula is C14H22N2O4S2. The zero-order chi connectivity index (χ0) is 16.2. The van der Waals surface area contributed by atoms with Gasteiger partial charge in [-0.3, -0.25) is 4.79 Å². The van der Waals surface area contributed by atoms with Crippen molar-refractivity contribution in [3.05, 3.63) is 17.5 Å². The van der Waals surface area contributed by atoms with E-state index < -0.39 is 10.0 Å². The number of amides is 1. The molecular weight excluding hydrogens is 324 g/mol. The summed E-state index contributed by atoms with van der Waals surface area (Å²) >= 11 is 1.22. The summed E-state index contributed by atoms with van der Waals surface area (Å²) in [7, 11) is -1.81. The Morgan fingerprint density at radius 3 is 2.73 bits per heavy atom. The molecule has 1 aromatic rings. The molecule has 1 aliphatic rings. The molecule has 22 heavy (non-hydrogen) atoms. The van der Waals surface area contributed by atoms with Gasteiger partial charge < -0.3 is 10.1 Å². The van der Waals surface area contributed by atoms with Gasteiger partial charge in [0.1, 0.15) is 4.21 Å². The third-order valence-corrected chi connectivity index (χ3v) is 6.99. The van der Waals surface area contributed by atoms with E-state index in [2.05, 4.69) is 5.32 Å². The predicted octanol–water partition coefficient (Wildman–Crippen LogP) is 1.30. The lowest BCUT2D eigenvalue weighted by atomic mass is 9.97. The van der Waals surface area contributed by atoms with Crippen LogP contribution in [0.3, 0.4) is 0 Å². The number of hydrogen-bond acceptors (Lipinski definition) is 5. The Bertz CT molecular complexity index is 578. The Hall–Kier alpha value is -0.960. The van der Waals surface area contributed by atoms with Crippen LogP contribution >= 0.6 is 11.3 Å². The maximum atomic E-state index is 12.4. The number of nitrogens with one attached hydrogen (secondary N) is 1. The smallest absolute Gasteiger partial charge is 0.252 e. The second kappa shape index (κ2) is 7.54. The van der Waals surface area contributed by atoms with Crippen molar-refractivity contribution in [1.82, 2.24) is 9.62 Å². The molecule has 0 bridgehead atoms. The number of sulfonamides is 1. The Labute approximate surface area is 135 Å². The van der Waals surface area contributed by atoms with Crippen molar-refractivity contribution in [3.8, 4) is 0 Å². The molecule has 0 aromatic carbocycles. The van der Waals surface area contributed by atoms with Crippen LogP contribution in [0.25, 0.3) is 0 Å². The van der Waals surface area contributed by atoms with Crippen molar-refractivity contribution < 1.29 is 17.9 Å². The van der Waals surface area contributed by atoms with E-state index in [-0.39, 0.29) is 17.9 Å². The molecule has 0 spiro atoms. The number of carbonyl (C=O) groups is 1. The molecule has 0 radical (unpaired) electrons. The monoisotopic (exact) mass is 346 g/mol. The summed E-state index contributed by atoms with van der Waals surface area (Å²) in [5.41, 5.74) is 0. The summed E-state index contributed by atoms with van der Waals surface area (Å²) < 4.78 is 31.6. The van der Waals surface area contributed by atoms with Crippen LogP contribution in [0.15, 0.2) is 21.7 Å². The highest BCUT2D eigenvalue weighted by molar-refractivity contribution is 7.91. The van der Waals surface area contributed by atoms with Crippen LogP contribution in [0.1, 0.15) is 19.8 Å². The fourth-order valence-corrected chi connectivity index (χ4v) is 5.16. The fraction of sp³-hybridized carbons (Fsp3) is 0.643. The highest BCUT2D eigenvalue weighted by atomic mass is 32.2. The maximum Gasteiger partial charge on any atom is 0.252 e. The van der Waals surface area contributed by atoms with Crippen LogP contribution in [0.4, 0.5) is 0 Å². The molecule has 8 heteroatoms. The quantitative estimate of drug-likeness (QED) is 0.842. The Balaban J connectivity index is 1.89. The van der Waals surface area contributed by atoms with Crippen molar-refractivity contribution in [1.29, 1.82) is 0 Å². The molecule has 0 saturated carbocycles. The molecule has 2 rings (SSSR count). The molecule has 6 nitrogen and oxygen atoms in total. The van der Waals surface area contributed by atoms with Crippen LogP contribution in [-0.2, 0) is 19.6 Å². The molecule has 1 atom stereocenters. The molecule has 124 valence electrons. The largest absolute Gasteiger partial charge is 0.383 e. The number of piperidine rings is 1. The van der Waals surface area contributed by atoms with Gasteiger partial charge in [-0.15, -0.1) is 11.3 Å². The second-order valence-electron chi connectivity index (χ2n) is 5.48. The van der Waals surface area contributed by atoms with E-state index in [4.69, 9.17) is 4.74 Å². The van der Waals surface area contributed by atoms with Gasteiger partial charge in [0.15, 0.2) is 0 Å². The first-order valence-electron chi connectivity index (χ1n) is 7.28. The lowest BCUT2D eigenvalue weighted by molar-refractivity contribution is -0.127. The van der Waals surface area contributed by atoms with Gasteiger partial charge in [-0.1, -0.05) is 6.07 Å². The number of thiophene rings is 1. The maximum absolute atomic E-state index is 12.4. The average Bonchev–Trinajstić information content (AvgIpc) is 3.02. The Kier molecular flexibility index (Phi) is 5.96. The number of carbonyl (C=O) groups excluding carboxylic acids is 1. The minimum atomic E-state index is -3.40. The normalized spacial score (nSPS) is 19.0. The number of rotatable bonds is 6. The molecule has 0 unspecified atom stereocenters. The van der Waals surface area contributed by atoms with Crippen molar-refractivity contribution in [2.24, 2.45) is 5.92 Å². The van der Waals surface area contributed by atoms with Gasteiger partial charge in [0.05, 0.1) is 6.61 Å². The lowest BCUT2D eigenvalue weighted by Gasteiger charge is -2.30. The summed E-state index contributed by atoms with van der Waals surface area (Å²) in [6.07, 6.45) is 1.10. The van der Waals surface area contributed by atoms with Gasteiger partial charge in [0.2, 0.25) is 5.91 Å². The van der Waals surface area contributed by atoms with Crippen LogP contribution in [0, 0.1) is 5.92 Å². The zero-order valence-electron chi connectivity index (χ0n) is 12.8. The highest BCUT2D eigenvalue weighted by Gasteiger charge is 2.32. The molecule has 2 heterocycles. The standard InChI is InChI=1S/C14H22N2O4S2/c1-11(10-20-2)15-14(17)12-5-7-16(8-6-12)22(18,19)13-4-3-9-21-13/h3-4,9,11-12H,5-8,10H2,1-2H3,(H,15,17)/t11-/m0/s1. The third kappa shape index (κ3) is 4.07. The first-order chi connectivity index (χ1) is 10.4. The molecule has 1 amide bonds. The van der Waals surface area contributed by atoms with E-state index in [0.717, 1.165) is 0 Å². The highest BCUT2D eigenvalue weighted by Crippen LogP contribution is 2.26. The molecule has 1 saturated heterocycles. The number of methoxy groups -OCH3 is 1. The van der Waals surface area contributed by atoms with E-state index in [0.29, 0.717) is 36.7 Å². The van der Waals surface area contributed by atoms with Crippen LogP contribution in [0.5, 0.6) is 0 Å². The zero-order valence-corrected chi connectivity index (χ0v) is 14.5. The van der Waals surface area contributed by atoms with Gasteiger partial charge in [0, 0.05) is 32.2 Å². The summed E-state index contributed by atoms with van der Waals surface area (Å²) in [6, 6.07) is 3.31. The predicted molar refractivity (Wildman–Crippen MR) is 85.3 cm³/mol. The van der Waals surface area contributed by atoms with Crippen molar-refractivity contribution >= 4 is 27.3 Å². The molecule has 1 fully saturated rings. The summed E-state index contributed by atoms with van der Waals surface area (Å²) in [5, 5.41) is 4.66. The summed E-state index contributed by atoms with van der Waals surface area (Å²) in [6.45, 7) is 3.13. The van der Waals surface area contributed by atoms with Crippen LogP contribution in [0.2, 0.25) is 0 Å². The van der Waals surface area contributed by atoms with Gasteiger partial charge >= 0.3 is 0 Å². The minimum absolute atomic E-state index is 0.0160. The minimum Gasteiger partial charge on any atom is -0.383 e. The number of ether oxygens (including phenoxy) is 1. The Morgan fingerprint density at radius 2 is 2.18 bits per heavy atom. The molecule has 1 aromatic heterocycles. The van der Waals surface area contributed by atoms with E-state index in [1.54, 1.807) is 24.6 Å². The first kappa shape index (κ1) is 17.4. The number of nitrogens with zero attached hydrogens (tertiary/aromatic N) is 1. The number of hydrogen-bond donors (Lipinski definition) is 1. The van der Waals surface area contributed by atoms with E-state index in [1.807, 2.05) is 6.92 Å².